The average Bonchev–Trinajstić information content (AvgIpc) is 3.27. The maximum absolute atomic E-state index is 13.1. The molecule has 1 heterocycles. The molecule has 3 aromatic rings. The Bertz CT molecular complexity index is 1090. The van der Waals surface area contributed by atoms with Crippen LogP contribution in [0.4, 0.5) is 10.6 Å². The third-order valence-electron chi connectivity index (χ3n) is 5.38. The van der Waals surface area contributed by atoms with Crippen molar-refractivity contribution in [3.8, 4) is 22.7 Å². The van der Waals surface area contributed by atoms with E-state index >= 15 is 0 Å². The molecule has 0 aliphatic heterocycles. The third-order valence-corrected chi connectivity index (χ3v) is 5.38. The van der Waals surface area contributed by atoms with Crippen molar-refractivity contribution in [3.63, 3.8) is 0 Å². The lowest BCUT2D eigenvalue weighted by Gasteiger charge is -2.24. The summed E-state index contributed by atoms with van der Waals surface area (Å²) in [6.45, 7) is 7.14. The highest BCUT2D eigenvalue weighted by atomic mass is 16.5. The van der Waals surface area contributed by atoms with Gasteiger partial charge in [-0.25, -0.2) is 9.48 Å². The van der Waals surface area contributed by atoms with E-state index in [1.54, 1.807) is 16.7 Å². The molecule has 2 N–H and O–H groups in total. The van der Waals surface area contributed by atoms with Gasteiger partial charge in [0.1, 0.15) is 18.1 Å². The van der Waals surface area contributed by atoms with Crippen LogP contribution in [0, 0.1) is 5.92 Å². The van der Waals surface area contributed by atoms with E-state index in [9.17, 15) is 9.59 Å². The van der Waals surface area contributed by atoms with Crippen LogP contribution in [-0.4, -0.2) is 53.4 Å². The summed E-state index contributed by atoms with van der Waals surface area (Å²) in [6, 6.07) is 18.8. The Morgan fingerprint density at radius 1 is 1.09 bits per heavy atom. The van der Waals surface area contributed by atoms with Crippen molar-refractivity contribution in [2.24, 2.45) is 5.92 Å². The van der Waals surface area contributed by atoms with E-state index in [1.807, 2.05) is 74.5 Å². The van der Waals surface area contributed by atoms with E-state index in [0.29, 0.717) is 18.9 Å². The number of benzene rings is 2. The molecule has 186 valence electrons. The van der Waals surface area contributed by atoms with Crippen molar-refractivity contribution in [1.29, 1.82) is 0 Å². The zero-order chi connectivity index (χ0) is 25.2. The summed E-state index contributed by atoms with van der Waals surface area (Å²) in [7, 11) is 1.61. The topological polar surface area (TPSA) is 88.5 Å². The van der Waals surface area contributed by atoms with Crippen molar-refractivity contribution in [2.45, 2.75) is 33.6 Å². The van der Waals surface area contributed by atoms with Gasteiger partial charge in [-0.1, -0.05) is 57.5 Å². The predicted molar refractivity (Wildman–Crippen MR) is 139 cm³/mol. The highest BCUT2D eigenvalue weighted by molar-refractivity contribution is 5.94. The molecule has 0 fully saturated rings. The number of hydrogen-bond donors (Lipinski definition) is 2. The zero-order valence-electron chi connectivity index (χ0n) is 21.0. The number of rotatable bonds is 11. The maximum Gasteiger partial charge on any atom is 0.317 e. The monoisotopic (exact) mass is 477 g/mol. The summed E-state index contributed by atoms with van der Waals surface area (Å²) in [5, 5.41) is 10.6. The summed E-state index contributed by atoms with van der Waals surface area (Å²) in [5.41, 5.74) is 2.44. The molecule has 3 amide bonds. The lowest BCUT2D eigenvalue weighted by Crippen LogP contribution is -2.46. The van der Waals surface area contributed by atoms with Crippen molar-refractivity contribution < 1.29 is 14.3 Å². The van der Waals surface area contributed by atoms with Crippen LogP contribution >= 0.6 is 0 Å². The van der Waals surface area contributed by atoms with Crippen LogP contribution in [0.25, 0.3) is 16.9 Å². The van der Waals surface area contributed by atoms with Gasteiger partial charge >= 0.3 is 6.03 Å². The molecule has 0 spiro atoms. The maximum atomic E-state index is 13.1. The van der Waals surface area contributed by atoms with Crippen molar-refractivity contribution >= 4 is 17.8 Å². The van der Waals surface area contributed by atoms with Gasteiger partial charge in [-0.2, -0.15) is 5.10 Å². The van der Waals surface area contributed by atoms with Crippen LogP contribution in [0.3, 0.4) is 0 Å². The summed E-state index contributed by atoms with van der Waals surface area (Å²) < 4.78 is 6.95. The number of nitrogens with zero attached hydrogens (tertiary/aromatic N) is 3. The lowest BCUT2D eigenvalue weighted by atomic mass is 10.1. The number of carbonyl (C=O) groups is 2. The fourth-order valence-corrected chi connectivity index (χ4v) is 3.64. The van der Waals surface area contributed by atoms with Gasteiger partial charge in [0.15, 0.2) is 0 Å². The zero-order valence-corrected chi connectivity index (χ0v) is 21.0. The normalized spacial score (nSPS) is 10.8. The van der Waals surface area contributed by atoms with E-state index in [-0.39, 0.29) is 24.4 Å². The molecule has 1 aromatic heterocycles. The first-order valence-corrected chi connectivity index (χ1v) is 12.0. The van der Waals surface area contributed by atoms with Gasteiger partial charge < -0.3 is 20.3 Å². The number of unbranched alkanes of at least 4 members (excludes halogenated alkanes) is 1. The number of urea groups is 1. The number of carbonyl (C=O) groups excluding carboxylic acids is 2. The van der Waals surface area contributed by atoms with Crippen LogP contribution in [0.2, 0.25) is 0 Å². The molecule has 8 heteroatoms. The molecule has 0 bridgehead atoms. The number of amides is 3. The van der Waals surface area contributed by atoms with E-state index in [1.165, 1.54) is 0 Å². The molecule has 0 unspecified atom stereocenters. The first-order valence-electron chi connectivity index (χ1n) is 12.0. The lowest BCUT2D eigenvalue weighted by molar-refractivity contribution is -0.116. The van der Waals surface area contributed by atoms with Crippen molar-refractivity contribution in [3.05, 3.63) is 60.7 Å². The molecule has 0 aliphatic carbocycles. The highest BCUT2D eigenvalue weighted by Gasteiger charge is 2.20. The van der Waals surface area contributed by atoms with Gasteiger partial charge in [0.05, 0.1) is 18.5 Å². The molecule has 0 saturated heterocycles. The van der Waals surface area contributed by atoms with Crippen LogP contribution in [-0.2, 0) is 4.79 Å². The van der Waals surface area contributed by atoms with E-state index < -0.39 is 0 Å². The summed E-state index contributed by atoms with van der Waals surface area (Å²) >= 11 is 0. The second kappa shape index (κ2) is 12.6. The number of ether oxygens (including phenoxy) is 1. The Hall–Kier alpha value is -3.81. The van der Waals surface area contributed by atoms with E-state index in [0.717, 1.165) is 35.5 Å². The molecule has 0 atom stereocenters. The first kappa shape index (κ1) is 25.8. The largest absolute Gasteiger partial charge is 0.497 e. The number of methoxy groups -OCH3 is 1. The van der Waals surface area contributed by atoms with Gasteiger partial charge in [0, 0.05) is 24.7 Å². The van der Waals surface area contributed by atoms with Crippen LogP contribution in [0.1, 0.15) is 33.6 Å². The molecule has 0 aliphatic rings. The fourth-order valence-electron chi connectivity index (χ4n) is 3.64. The number of aromatic nitrogens is 2. The molecule has 2 aromatic carbocycles. The van der Waals surface area contributed by atoms with Crippen LogP contribution in [0.15, 0.2) is 60.7 Å². The highest BCUT2D eigenvalue weighted by Crippen LogP contribution is 2.25. The number of anilines is 1. The van der Waals surface area contributed by atoms with Gasteiger partial charge in [-0.05, 0) is 36.6 Å². The summed E-state index contributed by atoms with van der Waals surface area (Å²) in [5.74, 6) is 1.20. The minimum absolute atomic E-state index is 0.0510. The fraction of sp³-hybridized carbons (Fsp3) is 0.370. The van der Waals surface area contributed by atoms with E-state index in [4.69, 9.17) is 9.84 Å². The van der Waals surface area contributed by atoms with Gasteiger partial charge in [0.2, 0.25) is 5.91 Å². The van der Waals surface area contributed by atoms with Gasteiger partial charge in [0.25, 0.3) is 0 Å². The van der Waals surface area contributed by atoms with Crippen molar-refractivity contribution in [2.75, 3.05) is 32.1 Å². The Morgan fingerprint density at radius 2 is 1.80 bits per heavy atom. The number of nitrogens with one attached hydrogen (secondary N) is 2. The first-order chi connectivity index (χ1) is 16.9. The molecular formula is C27H35N5O3. The van der Waals surface area contributed by atoms with E-state index in [2.05, 4.69) is 17.6 Å². The SMILES string of the molecule is CCCCNC(=O)N(CC(=O)Nc1cc(-c2ccccc2)nn1-c1ccc(OC)cc1)CC(C)C. The Labute approximate surface area is 207 Å². The molecule has 0 saturated carbocycles. The molecular weight excluding hydrogens is 442 g/mol. The second-order valence-corrected chi connectivity index (χ2v) is 8.80. The average molecular weight is 478 g/mol. The predicted octanol–water partition coefficient (Wildman–Crippen LogP) is 4.95. The standard InChI is InChI=1S/C27H35N5O3/c1-5-6-16-28-27(34)31(18-20(2)3)19-26(33)29-25-17-24(21-10-8-7-9-11-21)30-32(25)22-12-14-23(35-4)15-13-22/h7-15,17,20H,5-6,16,18-19H2,1-4H3,(H,28,34)(H,29,33). The molecule has 8 nitrogen and oxygen atoms in total. The second-order valence-electron chi connectivity index (χ2n) is 8.80. The quantitative estimate of drug-likeness (QED) is 0.382. The van der Waals surface area contributed by atoms with Crippen LogP contribution < -0.4 is 15.4 Å². The van der Waals surface area contributed by atoms with Crippen LogP contribution in [0.5, 0.6) is 5.75 Å². The molecule has 0 radical (unpaired) electrons. The Kier molecular flexibility index (Phi) is 9.29. The third kappa shape index (κ3) is 7.34. The van der Waals surface area contributed by atoms with Gasteiger partial charge in [-0.3, -0.25) is 4.79 Å². The van der Waals surface area contributed by atoms with Crippen molar-refractivity contribution in [1.82, 2.24) is 20.0 Å². The molecule has 35 heavy (non-hydrogen) atoms. The minimum atomic E-state index is -0.287. The summed E-state index contributed by atoms with van der Waals surface area (Å²) in [4.78, 5) is 27.3. The summed E-state index contributed by atoms with van der Waals surface area (Å²) in [6.07, 6.45) is 1.89. The number of hydrogen-bond acceptors (Lipinski definition) is 4. The smallest absolute Gasteiger partial charge is 0.317 e. The molecule has 3 rings (SSSR count). The Morgan fingerprint density at radius 3 is 2.43 bits per heavy atom. The minimum Gasteiger partial charge on any atom is -0.497 e. The Balaban J connectivity index is 1.84. The van der Waals surface area contributed by atoms with Gasteiger partial charge in [-0.15, -0.1) is 0 Å².